The average molecular weight is 542 g/mol. The molecule has 11 heteroatoms. The third kappa shape index (κ3) is 5.59. The summed E-state index contributed by atoms with van der Waals surface area (Å²) < 4.78 is 26.3. The fourth-order valence-corrected chi connectivity index (χ4v) is 5.28. The molecule has 2 atom stereocenters. The van der Waals surface area contributed by atoms with Crippen molar-refractivity contribution in [2.75, 3.05) is 13.7 Å². The Hall–Kier alpha value is -3.60. The van der Waals surface area contributed by atoms with Crippen molar-refractivity contribution in [2.24, 2.45) is 10.9 Å². The van der Waals surface area contributed by atoms with Gasteiger partial charge >= 0.3 is 0 Å². The molecule has 1 aliphatic heterocycles. The van der Waals surface area contributed by atoms with Crippen LogP contribution in [0.2, 0.25) is 0 Å². The molecule has 0 saturated heterocycles. The van der Waals surface area contributed by atoms with Gasteiger partial charge in [0, 0.05) is 29.9 Å². The second-order valence-electron chi connectivity index (χ2n) is 10.9. The summed E-state index contributed by atoms with van der Waals surface area (Å²) in [7, 11) is 1.42. The van der Waals surface area contributed by atoms with Gasteiger partial charge in [-0.15, -0.1) is 0 Å². The number of aromatic amines is 1. The second-order valence-corrected chi connectivity index (χ2v) is 10.9. The summed E-state index contributed by atoms with van der Waals surface area (Å²) in [6.07, 6.45) is 7.18. The quantitative estimate of drug-likeness (QED) is 0.331. The summed E-state index contributed by atoms with van der Waals surface area (Å²) in [6, 6.07) is 2.92. The number of nitrogens with one attached hydrogen (secondary N) is 4. The molecule has 39 heavy (non-hydrogen) atoms. The summed E-state index contributed by atoms with van der Waals surface area (Å²) >= 11 is 0. The maximum Gasteiger partial charge on any atom is 0.255 e. The summed E-state index contributed by atoms with van der Waals surface area (Å²) in [4.78, 5) is 32.7. The lowest BCUT2D eigenvalue weighted by molar-refractivity contribution is -0.129. The van der Waals surface area contributed by atoms with Crippen molar-refractivity contribution in [3.8, 4) is 11.5 Å². The normalized spacial score (nSPS) is 24.7. The Kier molecular flexibility index (Phi) is 7.53. The monoisotopic (exact) mass is 541 g/mol. The number of benzene rings is 1. The molecule has 1 unspecified atom stereocenters. The molecule has 5 N–H and O–H groups in total. The maximum atomic E-state index is 14.9. The number of carbonyl (C=O) groups excluding carboxylic acids is 2. The Morgan fingerprint density at radius 3 is 2.49 bits per heavy atom. The number of ether oxygens (including phenoxy) is 2. The first kappa shape index (κ1) is 27.0. The molecule has 5 rings (SSSR count). The van der Waals surface area contributed by atoms with E-state index in [1.54, 1.807) is 12.3 Å². The van der Waals surface area contributed by atoms with Crippen LogP contribution in [-0.4, -0.2) is 60.1 Å². The second kappa shape index (κ2) is 10.9. The van der Waals surface area contributed by atoms with E-state index in [-0.39, 0.29) is 29.6 Å². The van der Waals surface area contributed by atoms with Gasteiger partial charge in [-0.1, -0.05) is 0 Å². The number of hydrogen-bond donors (Lipinski definition) is 5. The van der Waals surface area contributed by atoms with E-state index in [9.17, 15) is 19.1 Å². The highest BCUT2D eigenvalue weighted by Crippen LogP contribution is 2.44. The number of hydrogen-bond acceptors (Lipinski definition) is 7. The third-order valence-corrected chi connectivity index (χ3v) is 7.90. The predicted octanol–water partition coefficient (Wildman–Crippen LogP) is 3.02. The van der Waals surface area contributed by atoms with E-state index in [1.807, 2.05) is 6.92 Å². The molecule has 0 radical (unpaired) electrons. The van der Waals surface area contributed by atoms with Gasteiger partial charge in [0.25, 0.3) is 5.91 Å². The van der Waals surface area contributed by atoms with E-state index in [0.29, 0.717) is 66.5 Å². The summed E-state index contributed by atoms with van der Waals surface area (Å²) in [5.74, 6) is -0.0297. The molecule has 0 spiro atoms. The van der Waals surface area contributed by atoms with E-state index < -0.39 is 17.5 Å². The van der Waals surface area contributed by atoms with Gasteiger partial charge in [0.2, 0.25) is 5.91 Å². The first-order chi connectivity index (χ1) is 18.7. The van der Waals surface area contributed by atoms with Crippen LogP contribution in [0, 0.1) is 11.7 Å². The fraction of sp³-hybridized carbons (Fsp3) is 0.536. The van der Waals surface area contributed by atoms with Crippen molar-refractivity contribution >= 4 is 23.8 Å². The lowest BCUT2D eigenvalue weighted by Crippen LogP contribution is -2.46. The largest absolute Gasteiger partial charge is 0.494 e. The van der Waals surface area contributed by atoms with Crippen LogP contribution in [0.4, 0.5) is 10.1 Å². The van der Waals surface area contributed by atoms with Crippen molar-refractivity contribution in [3.05, 3.63) is 41.0 Å². The van der Waals surface area contributed by atoms with Gasteiger partial charge < -0.3 is 35.5 Å². The maximum absolute atomic E-state index is 14.9. The Balaban J connectivity index is 1.33. The molecule has 1 aromatic heterocycles. The average Bonchev–Trinajstić information content (AvgIpc) is 3.64. The third-order valence-electron chi connectivity index (χ3n) is 7.90. The van der Waals surface area contributed by atoms with Gasteiger partial charge in [-0.25, -0.2) is 9.38 Å². The van der Waals surface area contributed by atoms with Crippen molar-refractivity contribution in [2.45, 2.75) is 76.1 Å². The lowest BCUT2D eigenvalue weighted by Gasteiger charge is -2.34. The molecule has 2 amide bonds. The molecular weight excluding hydrogens is 505 g/mol. The minimum atomic E-state index is -1.04. The molecule has 0 bridgehead atoms. The number of methoxy groups -OCH3 is 1. The Morgan fingerprint density at radius 2 is 1.85 bits per heavy atom. The van der Waals surface area contributed by atoms with Crippen LogP contribution < -0.4 is 25.4 Å². The molecule has 2 fully saturated rings. The minimum absolute atomic E-state index is 0.0159. The number of rotatable bonds is 9. The van der Waals surface area contributed by atoms with Crippen molar-refractivity contribution < 1.29 is 28.6 Å². The first-order valence-corrected chi connectivity index (χ1v) is 13.5. The molecule has 2 aliphatic carbocycles. The van der Waals surface area contributed by atoms with Gasteiger partial charge in [0.05, 0.1) is 31.3 Å². The summed E-state index contributed by atoms with van der Waals surface area (Å²) in [6.45, 7) is 3.88. The molecule has 3 aliphatic rings. The zero-order chi connectivity index (χ0) is 27.7. The number of aliphatic imine (C=N–C) groups is 1. The highest BCUT2D eigenvalue weighted by molar-refractivity contribution is 6.01. The van der Waals surface area contributed by atoms with Gasteiger partial charge in [0.15, 0.2) is 11.6 Å². The van der Waals surface area contributed by atoms with E-state index in [1.165, 1.54) is 26.4 Å². The highest BCUT2D eigenvalue weighted by atomic mass is 19.1. The molecule has 1 aromatic carbocycles. The lowest BCUT2D eigenvalue weighted by atomic mass is 9.85. The van der Waals surface area contributed by atoms with Crippen LogP contribution in [0.15, 0.2) is 23.3 Å². The summed E-state index contributed by atoms with van der Waals surface area (Å²) in [5, 5.41) is 18.6. The van der Waals surface area contributed by atoms with Crippen molar-refractivity contribution in [1.29, 1.82) is 0 Å². The number of amides is 2. The molecule has 10 nitrogen and oxygen atoms in total. The van der Waals surface area contributed by atoms with Crippen LogP contribution in [-0.2, 0) is 10.3 Å². The van der Waals surface area contributed by atoms with E-state index in [2.05, 4.69) is 25.9 Å². The molecule has 2 heterocycles. The van der Waals surface area contributed by atoms with Gasteiger partial charge in [-0.05, 0) is 64.4 Å². The van der Waals surface area contributed by atoms with Crippen LogP contribution in [0.3, 0.4) is 0 Å². The Morgan fingerprint density at radius 1 is 1.15 bits per heavy atom. The van der Waals surface area contributed by atoms with Gasteiger partial charge in [-0.3, -0.25) is 9.59 Å². The zero-order valence-electron chi connectivity index (χ0n) is 22.5. The fourth-order valence-electron chi connectivity index (χ4n) is 5.28. The molecular formula is C28H36FN5O5. The number of H-pyrrole nitrogens is 1. The highest BCUT2D eigenvalue weighted by Gasteiger charge is 2.40. The first-order valence-electron chi connectivity index (χ1n) is 13.5. The number of halogens is 1. The predicted molar refractivity (Wildman–Crippen MR) is 143 cm³/mol. The number of nitrogens with zero attached hydrogens (tertiary/aromatic N) is 1. The smallest absolute Gasteiger partial charge is 0.255 e. The zero-order valence-corrected chi connectivity index (χ0v) is 22.5. The number of aromatic nitrogens is 1. The summed E-state index contributed by atoms with van der Waals surface area (Å²) in [5.41, 5.74) is 1.13. The molecule has 210 valence electrons. The molecule has 2 saturated carbocycles. The minimum Gasteiger partial charge on any atom is -0.494 e. The van der Waals surface area contributed by atoms with Crippen LogP contribution in [0.25, 0.3) is 0 Å². The topological polar surface area (TPSA) is 137 Å². The van der Waals surface area contributed by atoms with Gasteiger partial charge in [-0.2, -0.15) is 0 Å². The van der Waals surface area contributed by atoms with Gasteiger partial charge in [0.1, 0.15) is 23.1 Å². The van der Waals surface area contributed by atoms with Crippen LogP contribution in [0.1, 0.15) is 74.0 Å². The standard InChI is InChI=1S/C28H36FN5O5/c1-15(35)26(36)33-17-6-8-18(9-7-17)34-27(37)19-12-30-25-24(19)31-14-32-28(25,2)20-10-21(29)23(38-3)11-22(20)39-13-16-4-5-16/h10-12,14-18,30,35H,4-9,13H2,1-3H3,(H,31,32)(H,33,36)(H,34,37)/t15-,17-,18-,28?/m0/s1. The Bertz CT molecular complexity index is 1270. The van der Waals surface area contributed by atoms with Crippen molar-refractivity contribution in [3.63, 3.8) is 0 Å². The van der Waals surface area contributed by atoms with Crippen molar-refractivity contribution in [1.82, 2.24) is 20.9 Å². The van der Waals surface area contributed by atoms with E-state index >= 15 is 0 Å². The number of aliphatic hydroxyl groups excluding tert-OH is 1. The SMILES string of the molecule is COc1cc(OCC2CC2)c(C2(C)NC=Nc3c(C(=O)N[C@H]4CC[C@H](NC(=O)[C@H](C)O)CC4)c[nH]c32)cc1F. The number of fused-ring (bicyclic) bond motifs is 1. The van der Waals surface area contributed by atoms with E-state index in [0.717, 1.165) is 12.8 Å². The van der Waals surface area contributed by atoms with E-state index in [4.69, 9.17) is 9.47 Å². The van der Waals surface area contributed by atoms with Crippen LogP contribution in [0.5, 0.6) is 11.5 Å². The number of aliphatic hydroxyl groups is 1. The Labute approximate surface area is 226 Å². The molecule has 2 aromatic rings. The van der Waals surface area contributed by atoms with Crippen LogP contribution >= 0.6 is 0 Å². The number of carbonyl (C=O) groups is 2.